The third-order valence-corrected chi connectivity index (χ3v) is 10.1. The van der Waals surface area contributed by atoms with E-state index in [1.807, 2.05) is 31.4 Å². The van der Waals surface area contributed by atoms with E-state index in [1.54, 1.807) is 0 Å². The summed E-state index contributed by atoms with van der Waals surface area (Å²) >= 11 is 1.53. The molecule has 1 fully saturated rings. The highest BCUT2D eigenvalue weighted by atomic mass is 32.2. The average molecular weight is 553 g/mol. The van der Waals surface area contributed by atoms with Gasteiger partial charge in [-0.15, -0.1) is 11.8 Å². The number of amides is 1. The molecule has 0 spiro atoms. The number of carbonyl (C=O) groups excluding carboxylic acids is 1. The van der Waals surface area contributed by atoms with E-state index < -0.39 is 8.07 Å². The molecule has 206 valence electrons. The smallest absolute Gasteiger partial charge is 0.254 e. The normalized spacial score (nSPS) is 19.0. The van der Waals surface area contributed by atoms with Crippen molar-refractivity contribution in [3.05, 3.63) is 63.2 Å². The number of thioether (sulfide) groups is 1. The summed E-state index contributed by atoms with van der Waals surface area (Å²) in [5.41, 5.74) is 4.11. The number of nitrogens with zero attached hydrogens (tertiary/aromatic N) is 1. The molecule has 1 aromatic carbocycles. The van der Waals surface area contributed by atoms with Gasteiger partial charge in [0, 0.05) is 51.4 Å². The van der Waals surface area contributed by atoms with Gasteiger partial charge in [-0.05, 0) is 76.9 Å². The maximum atomic E-state index is 13.6. The Morgan fingerprint density at radius 3 is 2.50 bits per heavy atom. The molecule has 0 radical (unpaired) electrons. The molecule has 0 saturated heterocycles. The zero-order chi connectivity index (χ0) is 27.6. The van der Waals surface area contributed by atoms with E-state index >= 15 is 0 Å². The second kappa shape index (κ2) is 11.8. The Hall–Kier alpha value is -2.29. The van der Waals surface area contributed by atoms with E-state index in [2.05, 4.69) is 65.8 Å². The molecule has 1 atom stereocenters. The highest BCUT2D eigenvalue weighted by Crippen LogP contribution is 2.38. The molecule has 1 saturated carbocycles. The third-order valence-electron chi connectivity index (χ3n) is 8.04. The predicted molar refractivity (Wildman–Crippen MR) is 163 cm³/mol. The first-order valence-corrected chi connectivity index (χ1v) is 18.8. The lowest BCUT2D eigenvalue weighted by Gasteiger charge is -2.35. The van der Waals surface area contributed by atoms with Gasteiger partial charge in [0.25, 0.3) is 11.5 Å². The lowest BCUT2D eigenvalue weighted by atomic mass is 9.82. The van der Waals surface area contributed by atoms with Crippen molar-refractivity contribution in [3.8, 4) is 0 Å². The first-order chi connectivity index (χ1) is 18.0. The number of H-pyrrole nitrogens is 1. The largest absolute Gasteiger partial charge is 0.348 e. The summed E-state index contributed by atoms with van der Waals surface area (Å²) in [7, 11) is -1.09. The first kappa shape index (κ1) is 28.7. The Morgan fingerprint density at radius 1 is 1.16 bits per heavy atom. The van der Waals surface area contributed by atoms with Crippen LogP contribution in [0.3, 0.4) is 0 Å². The van der Waals surface area contributed by atoms with Crippen LogP contribution in [0.25, 0.3) is 10.9 Å². The van der Waals surface area contributed by atoms with Crippen LogP contribution in [0.15, 0.2) is 40.0 Å². The van der Waals surface area contributed by atoms with Crippen molar-refractivity contribution >= 4 is 36.6 Å². The number of hydrogen-bond acceptors (Lipinski definition) is 4. The second-order valence-corrected chi connectivity index (χ2v) is 18.5. The van der Waals surface area contributed by atoms with Gasteiger partial charge in [0.2, 0.25) is 0 Å². The van der Waals surface area contributed by atoms with Crippen LogP contribution in [0.5, 0.6) is 0 Å². The fourth-order valence-corrected chi connectivity index (χ4v) is 7.57. The van der Waals surface area contributed by atoms with Gasteiger partial charge in [-0.1, -0.05) is 37.8 Å². The van der Waals surface area contributed by atoms with E-state index in [-0.39, 0.29) is 18.0 Å². The van der Waals surface area contributed by atoms with E-state index in [4.69, 9.17) is 0 Å². The van der Waals surface area contributed by atoms with Crippen LogP contribution in [0.2, 0.25) is 19.6 Å². The van der Waals surface area contributed by atoms with Crippen LogP contribution < -0.4 is 16.2 Å². The molecule has 38 heavy (non-hydrogen) atoms. The summed E-state index contributed by atoms with van der Waals surface area (Å²) in [6.45, 7) is 13.7. The summed E-state index contributed by atoms with van der Waals surface area (Å²) in [5.74, 6) is 0.455. The Kier molecular flexibility index (Phi) is 8.95. The molecule has 2 aromatic heterocycles. The summed E-state index contributed by atoms with van der Waals surface area (Å²) in [6.07, 6.45) is 7.97. The van der Waals surface area contributed by atoms with Gasteiger partial charge < -0.3 is 20.2 Å². The molecule has 0 bridgehead atoms. The predicted octanol–water partition coefficient (Wildman–Crippen LogP) is 6.19. The minimum Gasteiger partial charge on any atom is -0.348 e. The molecular formula is C30H44N4O2SSi. The molecule has 4 rings (SSSR count). The summed E-state index contributed by atoms with van der Waals surface area (Å²) < 4.78 is 2.39. The minimum absolute atomic E-state index is 0.129. The molecule has 8 heteroatoms. The number of aryl methyl sites for hydroxylation is 1. The topological polar surface area (TPSA) is 78.9 Å². The van der Waals surface area contributed by atoms with Gasteiger partial charge in [0.1, 0.15) is 0 Å². The Labute approximate surface area is 232 Å². The quantitative estimate of drug-likeness (QED) is 0.219. The van der Waals surface area contributed by atoms with Crippen LogP contribution in [0.4, 0.5) is 0 Å². The molecule has 0 aliphatic heterocycles. The van der Waals surface area contributed by atoms with Gasteiger partial charge >= 0.3 is 0 Å². The third kappa shape index (κ3) is 6.29. The van der Waals surface area contributed by atoms with Crippen LogP contribution in [-0.4, -0.2) is 42.0 Å². The molecule has 1 aliphatic rings. The number of fused-ring (bicyclic) bond motifs is 1. The molecule has 3 aromatic rings. The maximum absolute atomic E-state index is 13.6. The summed E-state index contributed by atoms with van der Waals surface area (Å²) in [4.78, 5) is 30.0. The number of benzene rings is 1. The van der Waals surface area contributed by atoms with Gasteiger partial charge in [-0.2, -0.15) is 0 Å². The van der Waals surface area contributed by atoms with E-state index in [0.29, 0.717) is 29.1 Å². The van der Waals surface area contributed by atoms with Crippen molar-refractivity contribution in [2.45, 2.75) is 89.6 Å². The first-order valence-electron chi connectivity index (χ1n) is 13.9. The van der Waals surface area contributed by atoms with Crippen LogP contribution in [0, 0.1) is 19.8 Å². The molecule has 6 nitrogen and oxygen atoms in total. The van der Waals surface area contributed by atoms with Crippen LogP contribution in [-0.2, 0) is 6.54 Å². The monoisotopic (exact) mass is 552 g/mol. The maximum Gasteiger partial charge on any atom is 0.254 e. The zero-order valence-corrected chi connectivity index (χ0v) is 25.8. The highest BCUT2D eigenvalue weighted by molar-refractivity contribution is 7.98. The van der Waals surface area contributed by atoms with Gasteiger partial charge in [-0.25, -0.2) is 0 Å². The molecule has 1 aliphatic carbocycles. The minimum atomic E-state index is -1.09. The van der Waals surface area contributed by atoms with E-state index in [9.17, 15) is 9.59 Å². The fraction of sp³-hybridized carbons (Fsp3) is 0.533. The highest BCUT2D eigenvalue weighted by Gasteiger charge is 2.30. The van der Waals surface area contributed by atoms with Crippen molar-refractivity contribution in [1.82, 2.24) is 20.2 Å². The van der Waals surface area contributed by atoms with Gasteiger partial charge in [0.15, 0.2) is 0 Å². The van der Waals surface area contributed by atoms with Crippen LogP contribution >= 0.6 is 11.8 Å². The van der Waals surface area contributed by atoms with E-state index in [0.717, 1.165) is 27.2 Å². The van der Waals surface area contributed by atoms with Crippen molar-refractivity contribution in [1.29, 1.82) is 0 Å². The Morgan fingerprint density at radius 2 is 1.84 bits per heavy atom. The second-order valence-electron chi connectivity index (χ2n) is 12.2. The molecular weight excluding hydrogens is 509 g/mol. The zero-order valence-electron chi connectivity index (χ0n) is 24.0. The van der Waals surface area contributed by atoms with Crippen molar-refractivity contribution in [3.63, 3.8) is 0 Å². The molecule has 1 amide bonds. The number of rotatable bonds is 9. The lowest BCUT2D eigenvalue weighted by Crippen LogP contribution is -2.43. The number of hydrogen-bond donors (Lipinski definition) is 3. The SMILES string of the molecule is CSc1cc(C)[nH]c(=O)c1CNC(=O)c1c(C)n([C@H](C)C2CCC(NC[Si](C)(C)C)CC2)c2ccccc12. The number of nitrogens with one attached hydrogen (secondary N) is 3. The van der Waals surface area contributed by atoms with Crippen molar-refractivity contribution < 1.29 is 4.79 Å². The Bertz CT molecular complexity index is 1350. The van der Waals surface area contributed by atoms with E-state index in [1.165, 1.54) is 43.6 Å². The molecule has 3 N–H and O–H groups in total. The number of pyridine rings is 1. The fourth-order valence-electron chi connectivity index (χ4n) is 5.96. The number of aromatic amines is 1. The summed E-state index contributed by atoms with van der Waals surface area (Å²) in [5, 5.41) is 7.87. The molecule has 2 heterocycles. The summed E-state index contributed by atoms with van der Waals surface area (Å²) in [6, 6.07) is 11.1. The average Bonchev–Trinajstić information content (AvgIpc) is 3.17. The number of para-hydroxylation sites is 1. The van der Waals surface area contributed by atoms with Gasteiger partial charge in [-0.3, -0.25) is 9.59 Å². The van der Waals surface area contributed by atoms with Crippen molar-refractivity contribution in [2.24, 2.45) is 5.92 Å². The van der Waals surface area contributed by atoms with Crippen LogP contribution in [0.1, 0.15) is 66.0 Å². The van der Waals surface area contributed by atoms with Gasteiger partial charge in [0.05, 0.1) is 13.6 Å². The van der Waals surface area contributed by atoms with Crippen molar-refractivity contribution in [2.75, 3.05) is 12.4 Å². The molecule has 0 unspecified atom stereocenters. The Balaban J connectivity index is 1.54. The number of carbonyl (C=O) groups is 1. The number of aromatic nitrogens is 2. The lowest BCUT2D eigenvalue weighted by molar-refractivity contribution is 0.0951. The standard InChI is InChI=1S/C30H44N4O2SSi/c1-19-16-27(37-4)25(29(35)33-19)17-31-30(36)28-21(3)34(26-11-9-8-10-24(26)28)20(2)22-12-14-23(15-13-22)32-18-38(5,6)7/h8-11,16,20,22-23,32H,12-15,17-18H2,1-7H3,(H,31,36)(H,33,35)/t20-,22?,23?/m1/s1.